The first kappa shape index (κ1) is 20.6. The largest absolute Gasteiger partial charge is 0.370 e. The lowest BCUT2D eigenvalue weighted by atomic mass is 10.2. The molecule has 4 N–H and O–H groups in total. The lowest BCUT2D eigenvalue weighted by molar-refractivity contribution is -0.119. The van der Waals surface area contributed by atoms with E-state index in [1.165, 1.54) is 11.3 Å². The standard InChI is InChI=1S/C18H18N6O3S2/c19-14(25)8-9-24-16(13-7-4-10-28-13)21-23-18(24)29-11-15(26)20-22-17(27)12-5-2-1-3-6-12/h1-7,10H,8-9,11H2,(H2,19,25)(H,20,26)(H,22,27). The number of amides is 3. The predicted molar refractivity (Wildman–Crippen MR) is 110 cm³/mol. The Hall–Kier alpha value is -3.18. The quantitative estimate of drug-likeness (QED) is 0.366. The molecular formula is C18H18N6O3S2. The highest BCUT2D eigenvalue weighted by molar-refractivity contribution is 7.99. The Bertz CT molecular complexity index is 988. The molecule has 0 aliphatic rings. The summed E-state index contributed by atoms with van der Waals surface area (Å²) in [5, 5.41) is 10.7. The normalized spacial score (nSPS) is 10.5. The van der Waals surface area contributed by atoms with Crippen LogP contribution in [0.3, 0.4) is 0 Å². The smallest absolute Gasteiger partial charge is 0.269 e. The monoisotopic (exact) mass is 430 g/mol. The van der Waals surface area contributed by atoms with Gasteiger partial charge in [-0.1, -0.05) is 36.0 Å². The van der Waals surface area contributed by atoms with Gasteiger partial charge in [-0.2, -0.15) is 0 Å². The number of primary amides is 1. The molecule has 0 fully saturated rings. The van der Waals surface area contributed by atoms with E-state index >= 15 is 0 Å². The average Bonchev–Trinajstić information content (AvgIpc) is 3.39. The van der Waals surface area contributed by atoms with Gasteiger partial charge in [-0.3, -0.25) is 25.2 Å². The molecule has 1 aromatic carbocycles. The number of thiophene rings is 1. The van der Waals surface area contributed by atoms with Gasteiger partial charge in [-0.25, -0.2) is 0 Å². The molecule has 9 nitrogen and oxygen atoms in total. The van der Waals surface area contributed by atoms with Crippen LogP contribution >= 0.6 is 23.1 Å². The molecule has 0 atom stereocenters. The fourth-order valence-corrected chi connectivity index (χ4v) is 3.84. The lowest BCUT2D eigenvalue weighted by Crippen LogP contribution is -2.42. The maximum atomic E-state index is 12.1. The SMILES string of the molecule is NC(=O)CCn1c(SCC(=O)NNC(=O)c2ccccc2)nnc1-c1cccs1. The highest BCUT2D eigenvalue weighted by Crippen LogP contribution is 2.27. The summed E-state index contributed by atoms with van der Waals surface area (Å²) in [5.74, 6) is -0.626. The molecule has 3 aromatic rings. The van der Waals surface area contributed by atoms with Gasteiger partial charge in [0, 0.05) is 18.5 Å². The second-order valence-corrected chi connectivity index (χ2v) is 7.70. The van der Waals surface area contributed by atoms with Gasteiger partial charge in [0.25, 0.3) is 5.91 Å². The van der Waals surface area contributed by atoms with Crippen LogP contribution in [-0.2, 0) is 16.1 Å². The second-order valence-electron chi connectivity index (χ2n) is 5.81. The van der Waals surface area contributed by atoms with Crippen LogP contribution in [0.25, 0.3) is 10.7 Å². The molecule has 150 valence electrons. The molecule has 0 spiro atoms. The van der Waals surface area contributed by atoms with Crippen LogP contribution in [0.2, 0.25) is 0 Å². The summed E-state index contributed by atoms with van der Waals surface area (Å²) in [6, 6.07) is 12.3. The number of hydrogen-bond donors (Lipinski definition) is 3. The van der Waals surface area contributed by atoms with Crippen molar-refractivity contribution in [2.24, 2.45) is 5.73 Å². The summed E-state index contributed by atoms with van der Waals surface area (Å²) < 4.78 is 1.76. The van der Waals surface area contributed by atoms with Crippen LogP contribution in [0.1, 0.15) is 16.8 Å². The molecule has 0 saturated heterocycles. The van der Waals surface area contributed by atoms with Crippen molar-refractivity contribution >= 4 is 40.8 Å². The first-order valence-electron chi connectivity index (χ1n) is 8.57. The number of aromatic nitrogens is 3. The fraction of sp³-hybridized carbons (Fsp3) is 0.167. The Morgan fingerprint density at radius 3 is 2.55 bits per heavy atom. The van der Waals surface area contributed by atoms with Crippen molar-refractivity contribution < 1.29 is 14.4 Å². The molecule has 0 saturated carbocycles. The van der Waals surface area contributed by atoms with E-state index in [-0.39, 0.29) is 12.2 Å². The van der Waals surface area contributed by atoms with Crippen molar-refractivity contribution in [2.75, 3.05) is 5.75 Å². The Morgan fingerprint density at radius 1 is 1.07 bits per heavy atom. The zero-order valence-corrected chi connectivity index (χ0v) is 16.8. The van der Waals surface area contributed by atoms with Gasteiger partial charge in [0.15, 0.2) is 11.0 Å². The Labute approximate surface area is 174 Å². The molecule has 0 radical (unpaired) electrons. The number of nitrogens with one attached hydrogen (secondary N) is 2. The van der Waals surface area contributed by atoms with Crippen molar-refractivity contribution in [3.8, 4) is 10.7 Å². The van der Waals surface area contributed by atoms with Gasteiger partial charge in [-0.05, 0) is 23.6 Å². The molecule has 0 aliphatic carbocycles. The molecule has 2 aromatic heterocycles. The van der Waals surface area contributed by atoms with E-state index < -0.39 is 17.7 Å². The zero-order chi connectivity index (χ0) is 20.6. The van der Waals surface area contributed by atoms with Crippen molar-refractivity contribution in [3.63, 3.8) is 0 Å². The number of hydrazine groups is 1. The molecule has 11 heteroatoms. The van der Waals surface area contributed by atoms with Crippen LogP contribution in [0.5, 0.6) is 0 Å². The molecule has 0 aliphatic heterocycles. The average molecular weight is 431 g/mol. The van der Waals surface area contributed by atoms with E-state index in [1.807, 2.05) is 17.5 Å². The molecule has 2 heterocycles. The number of carbonyl (C=O) groups excluding carboxylic acids is 3. The number of thioether (sulfide) groups is 1. The molecule has 29 heavy (non-hydrogen) atoms. The highest BCUT2D eigenvalue weighted by Gasteiger charge is 2.17. The minimum atomic E-state index is -0.437. The Morgan fingerprint density at radius 2 is 1.86 bits per heavy atom. The third-order valence-corrected chi connectivity index (χ3v) is 5.56. The van der Waals surface area contributed by atoms with Gasteiger partial charge in [0.1, 0.15) is 0 Å². The number of nitrogens with two attached hydrogens (primary N) is 1. The fourth-order valence-electron chi connectivity index (χ4n) is 2.36. The molecule has 0 unspecified atom stereocenters. The number of carbonyl (C=O) groups is 3. The summed E-state index contributed by atoms with van der Waals surface area (Å²) in [5.41, 5.74) is 10.4. The van der Waals surface area contributed by atoms with Gasteiger partial charge in [-0.15, -0.1) is 21.5 Å². The topological polar surface area (TPSA) is 132 Å². The van der Waals surface area contributed by atoms with Crippen molar-refractivity contribution in [2.45, 2.75) is 18.1 Å². The van der Waals surface area contributed by atoms with E-state index in [1.54, 1.807) is 34.9 Å². The summed E-state index contributed by atoms with van der Waals surface area (Å²) >= 11 is 2.65. The van der Waals surface area contributed by atoms with Crippen molar-refractivity contribution in [3.05, 3.63) is 53.4 Å². The van der Waals surface area contributed by atoms with Crippen LogP contribution in [0.15, 0.2) is 53.0 Å². The first-order chi connectivity index (χ1) is 14.0. The summed E-state index contributed by atoms with van der Waals surface area (Å²) in [6.45, 7) is 0.310. The van der Waals surface area contributed by atoms with Gasteiger partial charge in [0.05, 0.1) is 10.6 Å². The van der Waals surface area contributed by atoms with E-state index in [0.717, 1.165) is 16.6 Å². The molecular weight excluding hydrogens is 412 g/mol. The first-order valence-corrected chi connectivity index (χ1v) is 10.4. The number of benzene rings is 1. The number of nitrogens with zero attached hydrogens (tertiary/aromatic N) is 3. The Balaban J connectivity index is 1.60. The van der Waals surface area contributed by atoms with Gasteiger partial charge in [0.2, 0.25) is 11.8 Å². The zero-order valence-electron chi connectivity index (χ0n) is 15.2. The van der Waals surface area contributed by atoms with Crippen LogP contribution in [0, 0.1) is 0 Å². The third kappa shape index (κ3) is 5.65. The maximum Gasteiger partial charge on any atom is 0.269 e. The van der Waals surface area contributed by atoms with E-state index in [9.17, 15) is 14.4 Å². The molecule has 3 rings (SSSR count). The summed E-state index contributed by atoms with van der Waals surface area (Å²) in [6.07, 6.45) is 0.128. The minimum Gasteiger partial charge on any atom is -0.370 e. The van der Waals surface area contributed by atoms with Gasteiger partial charge >= 0.3 is 0 Å². The van der Waals surface area contributed by atoms with Crippen LogP contribution in [0.4, 0.5) is 0 Å². The third-order valence-electron chi connectivity index (χ3n) is 3.72. The molecule has 3 amide bonds. The Kier molecular flexibility index (Phi) is 6.98. The number of hydrogen-bond acceptors (Lipinski definition) is 7. The van der Waals surface area contributed by atoms with E-state index in [2.05, 4.69) is 21.0 Å². The highest BCUT2D eigenvalue weighted by atomic mass is 32.2. The summed E-state index contributed by atoms with van der Waals surface area (Å²) in [4.78, 5) is 36.1. The van der Waals surface area contributed by atoms with Crippen LogP contribution < -0.4 is 16.6 Å². The second kappa shape index (κ2) is 9.85. The number of rotatable bonds is 8. The van der Waals surface area contributed by atoms with Crippen molar-refractivity contribution in [1.29, 1.82) is 0 Å². The van der Waals surface area contributed by atoms with Crippen molar-refractivity contribution in [1.82, 2.24) is 25.6 Å². The van der Waals surface area contributed by atoms with Gasteiger partial charge < -0.3 is 10.3 Å². The van der Waals surface area contributed by atoms with E-state index in [0.29, 0.717) is 23.1 Å². The summed E-state index contributed by atoms with van der Waals surface area (Å²) in [7, 11) is 0. The van der Waals surface area contributed by atoms with Crippen LogP contribution in [-0.4, -0.2) is 38.2 Å². The predicted octanol–water partition coefficient (Wildman–Crippen LogP) is 1.44. The maximum absolute atomic E-state index is 12.1. The minimum absolute atomic E-state index is 0.00815. The van der Waals surface area contributed by atoms with E-state index in [4.69, 9.17) is 5.73 Å². The lowest BCUT2D eigenvalue weighted by Gasteiger charge is -2.09. The molecule has 0 bridgehead atoms.